The van der Waals surface area contributed by atoms with Gasteiger partial charge in [0.2, 0.25) is 0 Å². The monoisotopic (exact) mass is 338 g/mol. The third kappa shape index (κ3) is 3.44. The number of benzene rings is 1. The summed E-state index contributed by atoms with van der Waals surface area (Å²) in [6, 6.07) is 18.2. The van der Waals surface area contributed by atoms with Gasteiger partial charge in [0.15, 0.2) is 0 Å². The van der Waals surface area contributed by atoms with Crippen LogP contribution in [-0.2, 0) is 17.6 Å². The van der Waals surface area contributed by atoms with Crippen LogP contribution in [0.5, 0.6) is 0 Å². The molecule has 0 fully saturated rings. The molecule has 0 atom stereocenters. The van der Waals surface area contributed by atoms with Crippen molar-refractivity contribution in [2.45, 2.75) is 26.2 Å². The molecule has 2 nitrogen and oxygen atoms in total. The van der Waals surface area contributed by atoms with Crippen molar-refractivity contribution in [3.8, 4) is 11.1 Å². The van der Waals surface area contributed by atoms with Crippen molar-refractivity contribution in [3.63, 3.8) is 0 Å². The Kier molecular flexibility index (Phi) is 4.86. The summed E-state index contributed by atoms with van der Waals surface area (Å²) in [5.74, 6) is -0.761. The zero-order valence-electron chi connectivity index (χ0n) is 13.6. The third-order valence-corrected chi connectivity index (χ3v) is 4.73. The van der Waals surface area contributed by atoms with E-state index >= 15 is 0 Å². The van der Waals surface area contributed by atoms with Crippen LogP contribution in [0.4, 0.5) is 0 Å². The molecule has 1 aromatic carbocycles. The number of halogens is 1. The smallest absolute Gasteiger partial charge is 0.303 e. The van der Waals surface area contributed by atoms with Gasteiger partial charge in [-0.2, -0.15) is 0 Å². The maximum atomic E-state index is 11.0. The van der Waals surface area contributed by atoms with Gasteiger partial charge in [-0.25, -0.2) is 0 Å². The quantitative estimate of drug-likeness (QED) is 0.679. The molecule has 1 N–H and O–H groups in total. The number of rotatable bonds is 5. The summed E-state index contributed by atoms with van der Waals surface area (Å²) >= 11 is 5.98. The topological polar surface area (TPSA) is 37.3 Å². The van der Waals surface area contributed by atoms with Crippen LogP contribution in [0.1, 0.15) is 28.7 Å². The fourth-order valence-corrected chi connectivity index (χ4v) is 3.37. The van der Waals surface area contributed by atoms with Gasteiger partial charge in [0, 0.05) is 11.4 Å². The van der Waals surface area contributed by atoms with E-state index in [0.717, 1.165) is 22.6 Å². The molecule has 0 radical (unpaired) electrons. The Hall–Kier alpha value is -2.32. The molecule has 2 aliphatic carbocycles. The molecule has 2 aliphatic rings. The van der Waals surface area contributed by atoms with Gasteiger partial charge in [-0.15, -0.1) is 0 Å². The molecule has 0 saturated heterocycles. The van der Waals surface area contributed by atoms with E-state index in [1.807, 2.05) is 42.5 Å². The lowest BCUT2D eigenvalue weighted by Crippen LogP contribution is -1.98. The summed E-state index contributed by atoms with van der Waals surface area (Å²) in [5, 5.41) is 9.78. The molecule has 0 amide bonds. The van der Waals surface area contributed by atoms with E-state index in [0.29, 0.717) is 6.42 Å². The minimum absolute atomic E-state index is 0.152. The second-order valence-corrected chi connectivity index (χ2v) is 6.45. The Morgan fingerprint density at radius 3 is 2.21 bits per heavy atom. The normalized spacial score (nSPS) is 10.9. The van der Waals surface area contributed by atoms with E-state index in [2.05, 4.69) is 19.1 Å². The van der Waals surface area contributed by atoms with Gasteiger partial charge in [-0.05, 0) is 65.3 Å². The van der Waals surface area contributed by atoms with Crippen molar-refractivity contribution in [3.05, 3.63) is 81.9 Å². The first-order valence-electron chi connectivity index (χ1n) is 8.01. The number of carbonyl (C=O) groups is 1. The molecular weight excluding hydrogens is 320 g/mol. The largest absolute Gasteiger partial charge is 0.481 e. The lowest BCUT2D eigenvalue weighted by Gasteiger charge is -2.05. The van der Waals surface area contributed by atoms with Gasteiger partial charge in [0.25, 0.3) is 0 Å². The van der Waals surface area contributed by atoms with E-state index in [4.69, 9.17) is 16.7 Å². The zero-order valence-corrected chi connectivity index (χ0v) is 14.3. The van der Waals surface area contributed by atoms with Crippen molar-refractivity contribution in [1.82, 2.24) is 0 Å². The summed E-state index contributed by atoms with van der Waals surface area (Å²) in [5.41, 5.74) is 7.17. The average Bonchev–Trinajstić information content (AvgIpc) is 2.72. The van der Waals surface area contributed by atoms with E-state index < -0.39 is 5.97 Å². The second kappa shape index (κ2) is 7.06. The number of carboxylic acid groups (broad SMARTS) is 1. The molecule has 1 aromatic rings. The number of hydrogen-bond acceptors (Lipinski definition) is 1. The van der Waals surface area contributed by atoms with E-state index in [1.165, 1.54) is 22.3 Å². The summed E-state index contributed by atoms with van der Waals surface area (Å²) in [6.45, 7) is 2.10. The molecule has 3 heteroatoms. The van der Waals surface area contributed by atoms with Gasteiger partial charge in [-0.1, -0.05) is 54.1 Å². The van der Waals surface area contributed by atoms with Crippen molar-refractivity contribution in [1.29, 1.82) is 0 Å². The predicted octanol–water partition coefficient (Wildman–Crippen LogP) is 5.36. The van der Waals surface area contributed by atoms with E-state index in [1.54, 1.807) is 0 Å². The molecular formula is C21H19ClO2. The summed E-state index contributed by atoms with van der Waals surface area (Å²) < 4.78 is 0. The highest BCUT2D eigenvalue weighted by atomic mass is 35.5. The van der Waals surface area contributed by atoms with Crippen LogP contribution >= 0.6 is 11.6 Å². The maximum absolute atomic E-state index is 11.0. The van der Waals surface area contributed by atoms with Crippen molar-refractivity contribution in [2.24, 2.45) is 0 Å². The lowest BCUT2D eigenvalue weighted by atomic mass is 10.0. The highest BCUT2D eigenvalue weighted by Crippen LogP contribution is 2.38. The SMILES string of the molecule is Cc1c(CCC(=O)O)c2cccccc-2c1Cc1ccc(Cl)cc1. The third-order valence-electron chi connectivity index (χ3n) is 4.48. The Morgan fingerprint density at radius 1 is 0.958 bits per heavy atom. The van der Waals surface area contributed by atoms with Gasteiger partial charge >= 0.3 is 5.97 Å². The summed E-state index contributed by atoms with van der Waals surface area (Å²) in [7, 11) is 0. The fourth-order valence-electron chi connectivity index (χ4n) is 3.25. The minimum Gasteiger partial charge on any atom is -0.481 e. The first-order chi connectivity index (χ1) is 11.6. The molecule has 0 aliphatic heterocycles. The van der Waals surface area contributed by atoms with Crippen LogP contribution in [0, 0.1) is 6.92 Å². The molecule has 0 saturated carbocycles. The fraction of sp³-hybridized carbons (Fsp3) is 0.190. The standard InChI is InChI=1S/C21H19ClO2/c1-14-17(11-12-21(23)24)18-5-3-2-4-6-19(18)20(14)13-15-7-9-16(22)10-8-15/h2-10H,11-13H2,1H3,(H,23,24). The number of fused-ring (bicyclic) bond motifs is 1. The van der Waals surface area contributed by atoms with Gasteiger partial charge in [-0.3, -0.25) is 4.79 Å². The number of carboxylic acids is 1. The highest BCUT2D eigenvalue weighted by molar-refractivity contribution is 6.30. The van der Waals surface area contributed by atoms with Crippen LogP contribution in [-0.4, -0.2) is 11.1 Å². The number of aliphatic carboxylic acids is 1. The first-order valence-corrected chi connectivity index (χ1v) is 8.39. The van der Waals surface area contributed by atoms with E-state index in [-0.39, 0.29) is 6.42 Å². The van der Waals surface area contributed by atoms with Crippen LogP contribution < -0.4 is 0 Å². The van der Waals surface area contributed by atoms with Crippen LogP contribution in [0.25, 0.3) is 11.1 Å². The molecule has 0 bridgehead atoms. The zero-order chi connectivity index (χ0) is 17.1. The van der Waals surface area contributed by atoms with Crippen LogP contribution in [0.2, 0.25) is 5.02 Å². The van der Waals surface area contributed by atoms with Crippen LogP contribution in [0.15, 0.2) is 54.6 Å². The Balaban J connectivity index is 2.05. The molecule has 122 valence electrons. The average molecular weight is 339 g/mol. The van der Waals surface area contributed by atoms with Crippen molar-refractivity contribution >= 4 is 17.6 Å². The minimum atomic E-state index is -0.761. The summed E-state index contributed by atoms with van der Waals surface area (Å²) in [6.07, 6.45) is 1.53. The van der Waals surface area contributed by atoms with Crippen molar-refractivity contribution in [2.75, 3.05) is 0 Å². The van der Waals surface area contributed by atoms with Gasteiger partial charge in [0.1, 0.15) is 0 Å². The van der Waals surface area contributed by atoms with Crippen LogP contribution in [0.3, 0.4) is 0 Å². The summed E-state index contributed by atoms with van der Waals surface area (Å²) in [4.78, 5) is 11.0. The van der Waals surface area contributed by atoms with Gasteiger partial charge < -0.3 is 5.11 Å². The molecule has 0 unspecified atom stereocenters. The Bertz CT molecular complexity index is 837. The molecule has 0 aromatic heterocycles. The molecule has 0 heterocycles. The maximum Gasteiger partial charge on any atom is 0.303 e. The number of hydrogen-bond donors (Lipinski definition) is 1. The predicted molar refractivity (Wildman–Crippen MR) is 98.0 cm³/mol. The Morgan fingerprint density at radius 2 is 1.58 bits per heavy atom. The highest BCUT2D eigenvalue weighted by Gasteiger charge is 2.20. The second-order valence-electron chi connectivity index (χ2n) is 6.02. The molecule has 3 rings (SSSR count). The van der Waals surface area contributed by atoms with Gasteiger partial charge in [0.05, 0.1) is 0 Å². The first kappa shape index (κ1) is 16.5. The molecule has 24 heavy (non-hydrogen) atoms. The van der Waals surface area contributed by atoms with Crippen molar-refractivity contribution < 1.29 is 9.90 Å². The lowest BCUT2D eigenvalue weighted by molar-refractivity contribution is -0.136. The Labute approximate surface area is 147 Å². The van der Waals surface area contributed by atoms with E-state index in [9.17, 15) is 4.79 Å². The molecule has 0 spiro atoms.